The SMILES string of the molecule is CCC[C@H]1CC[C@H](n2cc3c(nc2=O)Nc2c(OCCN)cccc2O3)CC1. The zero-order valence-corrected chi connectivity index (χ0v) is 16.3. The van der Waals surface area contributed by atoms with Crippen molar-refractivity contribution in [3.8, 4) is 17.2 Å². The van der Waals surface area contributed by atoms with E-state index >= 15 is 0 Å². The fourth-order valence-corrected chi connectivity index (χ4v) is 4.24. The molecule has 0 unspecified atom stereocenters. The van der Waals surface area contributed by atoms with Crippen LogP contribution in [0.2, 0.25) is 0 Å². The third kappa shape index (κ3) is 3.71. The predicted octanol–water partition coefficient (Wildman–Crippen LogP) is 3.96. The maximum Gasteiger partial charge on any atom is 0.350 e. The van der Waals surface area contributed by atoms with E-state index in [9.17, 15) is 4.79 Å². The van der Waals surface area contributed by atoms with Crippen LogP contribution in [0.1, 0.15) is 51.5 Å². The lowest BCUT2D eigenvalue weighted by Crippen LogP contribution is -2.30. The van der Waals surface area contributed by atoms with E-state index in [2.05, 4.69) is 17.2 Å². The van der Waals surface area contributed by atoms with Crippen LogP contribution in [0.3, 0.4) is 0 Å². The molecule has 2 aromatic rings. The van der Waals surface area contributed by atoms with Crippen molar-refractivity contribution in [2.75, 3.05) is 18.5 Å². The number of ether oxygens (including phenoxy) is 2. The highest BCUT2D eigenvalue weighted by molar-refractivity contribution is 5.77. The molecule has 1 aromatic heterocycles. The Morgan fingerprint density at radius 3 is 2.86 bits per heavy atom. The fourth-order valence-electron chi connectivity index (χ4n) is 4.24. The van der Waals surface area contributed by atoms with Crippen LogP contribution in [0.25, 0.3) is 0 Å². The summed E-state index contributed by atoms with van der Waals surface area (Å²) >= 11 is 0. The summed E-state index contributed by atoms with van der Waals surface area (Å²) in [4.78, 5) is 16.9. The number of nitrogens with two attached hydrogens (primary N) is 1. The number of aromatic nitrogens is 2. The zero-order chi connectivity index (χ0) is 19.5. The number of rotatable bonds is 6. The van der Waals surface area contributed by atoms with Crippen LogP contribution < -0.4 is 26.2 Å². The molecule has 0 amide bonds. The smallest absolute Gasteiger partial charge is 0.350 e. The number of fused-ring (bicyclic) bond motifs is 2. The molecule has 28 heavy (non-hydrogen) atoms. The molecular weight excluding hydrogens is 356 g/mol. The molecule has 2 heterocycles. The average Bonchev–Trinajstić information content (AvgIpc) is 2.71. The van der Waals surface area contributed by atoms with Crippen LogP contribution >= 0.6 is 0 Å². The van der Waals surface area contributed by atoms with Gasteiger partial charge in [-0.15, -0.1) is 0 Å². The molecule has 0 radical (unpaired) electrons. The zero-order valence-electron chi connectivity index (χ0n) is 16.3. The van der Waals surface area contributed by atoms with Gasteiger partial charge in [0.05, 0.1) is 6.20 Å². The molecule has 0 saturated heterocycles. The average molecular weight is 384 g/mol. The Bertz CT molecular complexity index is 888. The minimum absolute atomic E-state index is 0.197. The lowest BCUT2D eigenvalue weighted by Gasteiger charge is -2.30. The number of benzene rings is 1. The molecule has 1 aliphatic carbocycles. The Hall–Kier alpha value is -2.54. The normalized spacial score (nSPS) is 20.5. The number of hydrogen-bond donors (Lipinski definition) is 2. The van der Waals surface area contributed by atoms with Gasteiger partial charge in [0.1, 0.15) is 18.0 Å². The number of nitrogens with zero attached hydrogens (tertiary/aromatic N) is 2. The Morgan fingerprint density at radius 2 is 2.11 bits per heavy atom. The van der Waals surface area contributed by atoms with Crippen molar-refractivity contribution in [3.05, 3.63) is 34.9 Å². The topological polar surface area (TPSA) is 91.4 Å². The van der Waals surface area contributed by atoms with Crippen molar-refractivity contribution in [1.82, 2.24) is 9.55 Å². The highest BCUT2D eigenvalue weighted by atomic mass is 16.5. The van der Waals surface area contributed by atoms with Crippen LogP contribution in [0, 0.1) is 5.92 Å². The summed E-state index contributed by atoms with van der Waals surface area (Å²) in [6, 6.07) is 5.77. The molecule has 0 atom stereocenters. The van der Waals surface area contributed by atoms with E-state index in [4.69, 9.17) is 15.2 Å². The maximum absolute atomic E-state index is 12.7. The number of para-hydroxylation sites is 1. The van der Waals surface area contributed by atoms with Crippen molar-refractivity contribution >= 4 is 11.5 Å². The van der Waals surface area contributed by atoms with E-state index in [1.54, 1.807) is 10.8 Å². The van der Waals surface area contributed by atoms with Gasteiger partial charge in [0.2, 0.25) is 0 Å². The summed E-state index contributed by atoms with van der Waals surface area (Å²) in [6.45, 7) is 3.06. The summed E-state index contributed by atoms with van der Waals surface area (Å²) in [5, 5.41) is 3.20. The second-order valence-corrected chi connectivity index (χ2v) is 7.60. The van der Waals surface area contributed by atoms with Crippen molar-refractivity contribution in [1.29, 1.82) is 0 Å². The predicted molar refractivity (Wildman–Crippen MR) is 109 cm³/mol. The van der Waals surface area contributed by atoms with Gasteiger partial charge in [-0.2, -0.15) is 4.98 Å². The Morgan fingerprint density at radius 1 is 1.29 bits per heavy atom. The van der Waals surface area contributed by atoms with E-state index < -0.39 is 0 Å². The summed E-state index contributed by atoms with van der Waals surface area (Å²) in [5.41, 5.74) is 5.96. The molecule has 3 N–H and O–H groups in total. The first-order chi connectivity index (χ1) is 13.7. The van der Waals surface area contributed by atoms with Gasteiger partial charge in [0, 0.05) is 12.6 Å². The van der Waals surface area contributed by atoms with E-state index in [-0.39, 0.29) is 11.7 Å². The number of hydrogen-bond acceptors (Lipinski definition) is 6. The van der Waals surface area contributed by atoms with Crippen molar-refractivity contribution < 1.29 is 9.47 Å². The molecule has 7 nitrogen and oxygen atoms in total. The molecule has 150 valence electrons. The lowest BCUT2D eigenvalue weighted by atomic mass is 9.83. The highest BCUT2D eigenvalue weighted by Crippen LogP contribution is 2.45. The maximum atomic E-state index is 12.7. The van der Waals surface area contributed by atoms with E-state index in [1.807, 2.05) is 18.2 Å². The molecule has 1 saturated carbocycles. The molecule has 1 aliphatic heterocycles. The van der Waals surface area contributed by atoms with Crippen LogP contribution in [0.4, 0.5) is 11.5 Å². The van der Waals surface area contributed by atoms with Crippen LogP contribution in [0.15, 0.2) is 29.2 Å². The largest absolute Gasteiger partial charge is 0.490 e. The van der Waals surface area contributed by atoms with Crippen molar-refractivity contribution in [3.63, 3.8) is 0 Å². The molecule has 2 aliphatic rings. The molecule has 0 bridgehead atoms. The minimum Gasteiger partial charge on any atom is -0.490 e. The van der Waals surface area contributed by atoms with E-state index in [1.165, 1.54) is 25.7 Å². The second kappa shape index (κ2) is 8.22. The van der Waals surface area contributed by atoms with Gasteiger partial charge in [-0.05, 0) is 43.7 Å². The van der Waals surface area contributed by atoms with Crippen LogP contribution in [-0.4, -0.2) is 22.7 Å². The fraction of sp³-hybridized carbons (Fsp3) is 0.524. The van der Waals surface area contributed by atoms with Crippen molar-refractivity contribution in [2.45, 2.75) is 51.5 Å². The van der Waals surface area contributed by atoms with Crippen LogP contribution in [0.5, 0.6) is 17.2 Å². The summed E-state index contributed by atoms with van der Waals surface area (Å²) in [5.74, 6) is 3.07. The number of anilines is 2. The molecule has 1 fully saturated rings. The second-order valence-electron chi connectivity index (χ2n) is 7.60. The minimum atomic E-state index is -0.238. The monoisotopic (exact) mass is 384 g/mol. The molecular formula is C21H28N4O3. The summed E-state index contributed by atoms with van der Waals surface area (Å²) in [6.07, 6.45) is 8.70. The first kappa shape index (κ1) is 18.8. The summed E-state index contributed by atoms with van der Waals surface area (Å²) < 4.78 is 13.5. The highest BCUT2D eigenvalue weighted by Gasteiger charge is 2.27. The van der Waals surface area contributed by atoms with Gasteiger partial charge in [0.25, 0.3) is 0 Å². The van der Waals surface area contributed by atoms with Gasteiger partial charge in [-0.3, -0.25) is 4.57 Å². The van der Waals surface area contributed by atoms with Gasteiger partial charge in [-0.1, -0.05) is 25.8 Å². The van der Waals surface area contributed by atoms with Crippen molar-refractivity contribution in [2.24, 2.45) is 11.7 Å². The van der Waals surface area contributed by atoms with Gasteiger partial charge in [-0.25, -0.2) is 4.79 Å². The van der Waals surface area contributed by atoms with Crippen LogP contribution in [-0.2, 0) is 0 Å². The molecule has 0 spiro atoms. The third-order valence-electron chi connectivity index (χ3n) is 5.65. The lowest BCUT2D eigenvalue weighted by molar-refractivity contribution is 0.256. The Kier molecular flexibility index (Phi) is 5.52. The van der Waals surface area contributed by atoms with Gasteiger partial charge in [0.15, 0.2) is 17.3 Å². The number of nitrogens with one attached hydrogen (secondary N) is 1. The Labute approximate surface area is 164 Å². The van der Waals surface area contributed by atoms with E-state index in [0.717, 1.165) is 18.8 Å². The Balaban J connectivity index is 1.56. The molecule has 7 heteroatoms. The molecule has 1 aromatic carbocycles. The molecule has 4 rings (SSSR count). The van der Waals surface area contributed by atoms with E-state index in [0.29, 0.717) is 41.9 Å². The first-order valence-electron chi connectivity index (χ1n) is 10.2. The quantitative estimate of drug-likeness (QED) is 0.668. The van der Waals surface area contributed by atoms with Gasteiger partial charge >= 0.3 is 5.69 Å². The van der Waals surface area contributed by atoms with Gasteiger partial charge < -0.3 is 20.5 Å². The summed E-state index contributed by atoms with van der Waals surface area (Å²) in [7, 11) is 0. The first-order valence-corrected chi connectivity index (χ1v) is 10.2. The third-order valence-corrected chi connectivity index (χ3v) is 5.65. The standard InChI is InChI=1S/C21H28N4O3/c1-2-4-14-7-9-15(10-8-14)25-13-18-20(24-21(25)26)23-19-16(27-12-11-22)5-3-6-17(19)28-18/h3,5-6,13-15H,2,4,7-12,22H2,1H3,(H,23,24,26)/t14-,15-.